The first-order valence-corrected chi connectivity index (χ1v) is 7.77. The van der Waals surface area contributed by atoms with Gasteiger partial charge in [0.15, 0.2) is 0 Å². The van der Waals surface area contributed by atoms with Gasteiger partial charge in [-0.25, -0.2) is 14.5 Å². The van der Waals surface area contributed by atoms with Gasteiger partial charge in [-0.1, -0.05) is 17.7 Å². The van der Waals surface area contributed by atoms with Crippen LogP contribution in [0.15, 0.2) is 24.5 Å². The second-order valence-electron chi connectivity index (χ2n) is 5.38. The highest BCUT2D eigenvalue weighted by atomic mass is 35.5. The molecule has 122 valence electrons. The third kappa shape index (κ3) is 3.73. The number of hydrogen-bond acceptors (Lipinski definition) is 4. The lowest BCUT2D eigenvalue weighted by Crippen LogP contribution is -2.45. The molecule has 2 amide bonds. The molecule has 2 heterocycles. The van der Waals surface area contributed by atoms with Crippen LogP contribution in [0.1, 0.15) is 17.8 Å². The van der Waals surface area contributed by atoms with Gasteiger partial charge in [0.05, 0.1) is 19.7 Å². The molecule has 0 spiro atoms. The molecule has 0 aliphatic carbocycles. The van der Waals surface area contributed by atoms with Crippen LogP contribution in [0.5, 0.6) is 5.75 Å². The maximum absolute atomic E-state index is 12.1. The van der Waals surface area contributed by atoms with E-state index >= 15 is 0 Å². The zero-order valence-electron chi connectivity index (χ0n) is 12.8. The number of rotatable bonds is 4. The van der Waals surface area contributed by atoms with E-state index < -0.39 is 0 Å². The summed E-state index contributed by atoms with van der Waals surface area (Å²) in [7, 11) is 1.58. The Balaban J connectivity index is 1.52. The summed E-state index contributed by atoms with van der Waals surface area (Å²) in [5.74, 6) is 1.62. The molecule has 1 atom stereocenters. The quantitative estimate of drug-likeness (QED) is 0.892. The topological polar surface area (TPSA) is 81.1 Å². The van der Waals surface area contributed by atoms with Crippen LogP contribution in [0, 0.1) is 0 Å². The van der Waals surface area contributed by atoms with E-state index in [0.717, 1.165) is 24.2 Å². The Morgan fingerprint density at radius 3 is 3.22 bits per heavy atom. The first-order valence-electron chi connectivity index (χ1n) is 7.39. The number of hydrogen-bond donors (Lipinski definition) is 2. The predicted molar refractivity (Wildman–Crippen MR) is 85.5 cm³/mol. The molecule has 8 heteroatoms. The molecule has 1 aliphatic rings. The minimum atomic E-state index is -0.212. The summed E-state index contributed by atoms with van der Waals surface area (Å²) in [6.07, 6.45) is 3.22. The van der Waals surface area contributed by atoms with Crippen molar-refractivity contribution in [3.63, 3.8) is 0 Å². The first kappa shape index (κ1) is 15.6. The molecular weight excluding hydrogens is 318 g/mol. The van der Waals surface area contributed by atoms with E-state index in [1.165, 1.54) is 0 Å². The van der Waals surface area contributed by atoms with Crippen LogP contribution < -0.4 is 15.4 Å². The van der Waals surface area contributed by atoms with Crippen molar-refractivity contribution in [2.24, 2.45) is 0 Å². The van der Waals surface area contributed by atoms with E-state index in [2.05, 4.69) is 20.7 Å². The number of aryl methyl sites for hydroxylation is 1. The van der Waals surface area contributed by atoms with Gasteiger partial charge in [0.1, 0.15) is 17.9 Å². The molecule has 0 bridgehead atoms. The van der Waals surface area contributed by atoms with Gasteiger partial charge in [0, 0.05) is 23.6 Å². The molecule has 2 N–H and O–H groups in total. The van der Waals surface area contributed by atoms with Crippen molar-refractivity contribution < 1.29 is 9.53 Å². The number of nitrogens with one attached hydrogen (secondary N) is 2. The Kier molecular flexibility index (Phi) is 4.66. The number of fused-ring (bicyclic) bond motifs is 1. The van der Waals surface area contributed by atoms with E-state index in [9.17, 15) is 4.79 Å². The molecule has 2 aromatic rings. The highest BCUT2D eigenvalue weighted by Crippen LogP contribution is 2.22. The minimum absolute atomic E-state index is 0.0521. The number of halogens is 1. The van der Waals surface area contributed by atoms with Gasteiger partial charge in [-0.05, 0) is 18.6 Å². The van der Waals surface area contributed by atoms with Crippen LogP contribution in [0.4, 0.5) is 4.79 Å². The second-order valence-corrected chi connectivity index (χ2v) is 5.81. The lowest BCUT2D eigenvalue weighted by Gasteiger charge is -2.23. The van der Waals surface area contributed by atoms with Crippen LogP contribution >= 0.6 is 11.6 Å². The highest BCUT2D eigenvalue weighted by Gasteiger charge is 2.21. The lowest BCUT2D eigenvalue weighted by atomic mass is 10.1. The number of carbonyl (C=O) groups excluding carboxylic acids is 1. The highest BCUT2D eigenvalue weighted by molar-refractivity contribution is 6.30. The number of aromatic nitrogens is 3. The number of benzene rings is 1. The Bertz CT molecular complexity index is 703. The Morgan fingerprint density at radius 1 is 1.52 bits per heavy atom. The fraction of sp³-hybridized carbons (Fsp3) is 0.400. The zero-order chi connectivity index (χ0) is 16.2. The van der Waals surface area contributed by atoms with Gasteiger partial charge >= 0.3 is 6.03 Å². The van der Waals surface area contributed by atoms with Crippen LogP contribution in [0.2, 0.25) is 5.02 Å². The van der Waals surface area contributed by atoms with Gasteiger partial charge < -0.3 is 15.4 Å². The Hall–Kier alpha value is -2.28. The average Bonchev–Trinajstić information content (AvgIpc) is 3.01. The van der Waals surface area contributed by atoms with E-state index in [-0.39, 0.29) is 12.1 Å². The maximum Gasteiger partial charge on any atom is 0.315 e. The fourth-order valence-corrected chi connectivity index (χ4v) is 2.79. The third-order valence-electron chi connectivity index (χ3n) is 3.83. The second kappa shape index (κ2) is 6.87. The monoisotopic (exact) mass is 335 g/mol. The summed E-state index contributed by atoms with van der Waals surface area (Å²) in [6.45, 7) is 1.01. The molecule has 0 saturated heterocycles. The first-order chi connectivity index (χ1) is 11.2. The third-order valence-corrected chi connectivity index (χ3v) is 4.06. The number of methoxy groups -OCH3 is 1. The van der Waals surface area contributed by atoms with Crippen LogP contribution in [0.3, 0.4) is 0 Å². The van der Waals surface area contributed by atoms with Gasteiger partial charge in [-0.3, -0.25) is 0 Å². The predicted octanol–water partition coefficient (Wildman–Crippen LogP) is 1.75. The zero-order valence-corrected chi connectivity index (χ0v) is 13.5. The standard InChI is InChI=1S/C15H18ClN5O2/c1-23-13-6-11(16)3-2-10(13)7-17-15(22)20-12-4-5-14-18-9-19-21(14)8-12/h2-3,6,9,12H,4-5,7-8H2,1H3,(H2,17,20,22)/t12-/m1/s1. The van der Waals surface area contributed by atoms with Gasteiger partial charge in [-0.2, -0.15) is 5.10 Å². The van der Waals surface area contributed by atoms with Gasteiger partial charge in [0.2, 0.25) is 0 Å². The Morgan fingerprint density at radius 2 is 2.39 bits per heavy atom. The number of carbonyl (C=O) groups is 1. The van der Waals surface area contributed by atoms with Gasteiger partial charge in [-0.15, -0.1) is 0 Å². The Labute approximate surface area is 139 Å². The van der Waals surface area contributed by atoms with E-state index in [4.69, 9.17) is 16.3 Å². The van der Waals surface area contributed by atoms with Crippen LogP contribution in [-0.4, -0.2) is 33.9 Å². The number of nitrogens with zero attached hydrogens (tertiary/aromatic N) is 3. The average molecular weight is 336 g/mol. The number of ether oxygens (including phenoxy) is 1. The lowest BCUT2D eigenvalue weighted by molar-refractivity contribution is 0.231. The molecule has 0 saturated carbocycles. The van der Waals surface area contributed by atoms with Crippen molar-refractivity contribution >= 4 is 17.6 Å². The summed E-state index contributed by atoms with van der Waals surface area (Å²) < 4.78 is 7.09. The molecule has 0 radical (unpaired) electrons. The van der Waals surface area contributed by atoms with Crippen molar-refractivity contribution in [2.75, 3.05) is 7.11 Å². The molecule has 7 nitrogen and oxygen atoms in total. The molecule has 1 aromatic heterocycles. The molecular formula is C15H18ClN5O2. The van der Waals surface area contributed by atoms with E-state index in [0.29, 0.717) is 23.9 Å². The van der Waals surface area contributed by atoms with Crippen molar-refractivity contribution in [3.8, 4) is 5.75 Å². The molecule has 1 aliphatic heterocycles. The summed E-state index contributed by atoms with van der Waals surface area (Å²) in [4.78, 5) is 16.2. The smallest absolute Gasteiger partial charge is 0.315 e. The maximum atomic E-state index is 12.1. The molecule has 3 rings (SSSR count). The minimum Gasteiger partial charge on any atom is -0.496 e. The summed E-state index contributed by atoms with van der Waals surface area (Å²) >= 11 is 5.93. The van der Waals surface area contributed by atoms with Crippen LogP contribution in [0.25, 0.3) is 0 Å². The number of urea groups is 1. The van der Waals surface area contributed by atoms with E-state index in [1.54, 1.807) is 25.6 Å². The molecule has 1 aromatic carbocycles. The summed E-state index contributed by atoms with van der Waals surface area (Å²) in [5.41, 5.74) is 0.870. The normalized spacial score (nSPS) is 16.5. The number of amides is 2. The van der Waals surface area contributed by atoms with Crippen molar-refractivity contribution in [3.05, 3.63) is 40.9 Å². The van der Waals surface area contributed by atoms with Crippen molar-refractivity contribution in [1.29, 1.82) is 0 Å². The summed E-state index contributed by atoms with van der Waals surface area (Å²) in [5, 5.41) is 10.5. The largest absolute Gasteiger partial charge is 0.496 e. The molecule has 0 unspecified atom stereocenters. The van der Waals surface area contributed by atoms with E-state index in [1.807, 2.05) is 10.7 Å². The van der Waals surface area contributed by atoms with Gasteiger partial charge in [0.25, 0.3) is 0 Å². The fourth-order valence-electron chi connectivity index (χ4n) is 2.63. The molecule has 23 heavy (non-hydrogen) atoms. The van der Waals surface area contributed by atoms with Crippen molar-refractivity contribution in [2.45, 2.75) is 32.0 Å². The summed E-state index contributed by atoms with van der Waals surface area (Å²) in [6, 6.07) is 5.17. The van der Waals surface area contributed by atoms with Crippen molar-refractivity contribution in [1.82, 2.24) is 25.4 Å². The van der Waals surface area contributed by atoms with Crippen LogP contribution in [-0.2, 0) is 19.5 Å². The molecule has 0 fully saturated rings. The SMILES string of the molecule is COc1cc(Cl)ccc1CNC(=O)N[C@@H]1CCc2ncnn2C1.